The van der Waals surface area contributed by atoms with E-state index in [0.29, 0.717) is 19.3 Å². The molecule has 56 heavy (non-hydrogen) atoms. The van der Waals surface area contributed by atoms with Crippen LogP contribution in [0.15, 0.2) is 85.1 Å². The number of allylic oxidation sites excluding steroid dienone is 14. The lowest BCUT2D eigenvalue weighted by atomic mass is 10.1. The fourth-order valence-electron chi connectivity index (χ4n) is 5.82. The van der Waals surface area contributed by atoms with Crippen LogP contribution in [0.5, 0.6) is 0 Å². The van der Waals surface area contributed by atoms with Gasteiger partial charge < -0.3 is 23.8 Å². The van der Waals surface area contributed by atoms with Gasteiger partial charge in [-0.2, -0.15) is 0 Å². The minimum absolute atomic E-state index is 0.0265. The average Bonchev–Trinajstić information content (AvgIpc) is 3.15. The molecule has 0 amide bonds. The van der Waals surface area contributed by atoms with Gasteiger partial charge in [-0.05, 0) is 51.4 Å². The van der Waals surface area contributed by atoms with Crippen molar-refractivity contribution in [3.8, 4) is 0 Å². The summed E-state index contributed by atoms with van der Waals surface area (Å²) in [6.07, 6.45) is 49.2. The second-order valence-electron chi connectivity index (χ2n) is 15.4. The maximum atomic E-state index is 12.7. The van der Waals surface area contributed by atoms with Crippen molar-refractivity contribution in [1.29, 1.82) is 0 Å². The number of hydrogen-bond donors (Lipinski definition) is 1. The summed E-state index contributed by atoms with van der Waals surface area (Å²) in [7, 11) is 5.49. The van der Waals surface area contributed by atoms with Gasteiger partial charge in [0.05, 0.1) is 34.4 Å². The molecule has 2 atom stereocenters. The second kappa shape index (κ2) is 38.4. The van der Waals surface area contributed by atoms with Crippen LogP contribution in [0.1, 0.15) is 149 Å². The molecule has 0 saturated heterocycles. The van der Waals surface area contributed by atoms with Crippen molar-refractivity contribution >= 4 is 17.9 Å². The highest BCUT2D eigenvalue weighted by atomic mass is 16.6. The number of carboxylic acid groups (broad SMARTS) is 1. The number of carbonyl (C=O) groups excluding carboxylic acids is 2. The molecule has 0 radical (unpaired) electrons. The maximum Gasteiger partial charge on any atom is 0.362 e. The van der Waals surface area contributed by atoms with Crippen LogP contribution in [0.3, 0.4) is 0 Å². The molecule has 8 nitrogen and oxygen atoms in total. The standard InChI is InChI=1S/C48H79NO7/c1-6-8-10-12-14-16-18-20-21-22-23-24-25-27-28-30-32-34-36-38-46(50)55-43-44(42-54-41-40-45(48(52)53)49(3,4)5)56-47(51)39-37-35-33-31-29-26-19-17-15-13-11-9-7-2/h9,11,13-20,26,29,31,33,44-45H,6-8,10,12,21-25,27-28,30,32,34-43H2,1-5H3/p+1/b11-9+,15-13+,16-14+,19-17+,20-18+,29-26+,33-31+. The molecule has 1 N–H and O–H groups in total. The Morgan fingerprint density at radius 3 is 1.55 bits per heavy atom. The Kier molecular flexibility index (Phi) is 36.0. The number of carbonyl (C=O) groups is 3. The van der Waals surface area contributed by atoms with Crippen LogP contribution < -0.4 is 0 Å². The minimum atomic E-state index is -0.891. The van der Waals surface area contributed by atoms with Gasteiger partial charge in [0.25, 0.3) is 0 Å². The van der Waals surface area contributed by atoms with Gasteiger partial charge in [-0.15, -0.1) is 0 Å². The first-order valence-electron chi connectivity index (χ1n) is 21.7. The Labute approximate surface area is 342 Å². The summed E-state index contributed by atoms with van der Waals surface area (Å²) in [5.74, 6) is -1.58. The molecule has 0 aromatic carbocycles. The van der Waals surface area contributed by atoms with Crippen molar-refractivity contribution < 1.29 is 38.2 Å². The predicted octanol–water partition coefficient (Wildman–Crippen LogP) is 11.7. The highest BCUT2D eigenvalue weighted by molar-refractivity contribution is 5.72. The Hall–Kier alpha value is -3.49. The van der Waals surface area contributed by atoms with Crippen molar-refractivity contribution in [2.75, 3.05) is 41.0 Å². The number of hydrogen-bond acceptors (Lipinski definition) is 6. The van der Waals surface area contributed by atoms with Gasteiger partial charge in [-0.1, -0.05) is 163 Å². The number of esters is 2. The van der Waals surface area contributed by atoms with E-state index in [9.17, 15) is 19.5 Å². The zero-order valence-electron chi connectivity index (χ0n) is 36.1. The smallest absolute Gasteiger partial charge is 0.362 e. The predicted molar refractivity (Wildman–Crippen MR) is 233 cm³/mol. The van der Waals surface area contributed by atoms with E-state index in [0.717, 1.165) is 32.1 Å². The van der Waals surface area contributed by atoms with Crippen molar-refractivity contribution in [3.05, 3.63) is 85.1 Å². The second-order valence-corrected chi connectivity index (χ2v) is 15.4. The largest absolute Gasteiger partial charge is 0.477 e. The summed E-state index contributed by atoms with van der Waals surface area (Å²) in [5, 5.41) is 9.61. The number of aliphatic carboxylic acids is 1. The Morgan fingerprint density at radius 1 is 0.554 bits per heavy atom. The number of rotatable bonds is 37. The molecular formula is C48H80NO7+. The van der Waals surface area contributed by atoms with E-state index in [2.05, 4.69) is 44.2 Å². The van der Waals surface area contributed by atoms with Gasteiger partial charge in [0.1, 0.15) is 6.61 Å². The van der Waals surface area contributed by atoms with E-state index in [1.54, 1.807) is 0 Å². The first-order chi connectivity index (χ1) is 27.1. The molecule has 318 valence electrons. The molecule has 0 saturated carbocycles. The van der Waals surface area contributed by atoms with Crippen molar-refractivity contribution in [2.24, 2.45) is 0 Å². The first-order valence-corrected chi connectivity index (χ1v) is 21.7. The van der Waals surface area contributed by atoms with E-state index in [1.807, 2.05) is 75.8 Å². The van der Waals surface area contributed by atoms with Gasteiger partial charge in [-0.3, -0.25) is 9.59 Å². The summed E-state index contributed by atoms with van der Waals surface area (Å²) in [6.45, 7) is 4.46. The number of quaternary nitrogens is 1. The molecule has 0 aromatic rings. The fraction of sp³-hybridized carbons (Fsp3) is 0.646. The lowest BCUT2D eigenvalue weighted by Gasteiger charge is -2.31. The lowest BCUT2D eigenvalue weighted by Crippen LogP contribution is -2.50. The fourth-order valence-corrected chi connectivity index (χ4v) is 5.82. The molecule has 0 heterocycles. The normalized spacial score (nSPS) is 13.8. The third kappa shape index (κ3) is 36.2. The third-order valence-electron chi connectivity index (χ3n) is 9.18. The van der Waals surface area contributed by atoms with Crippen LogP contribution in [-0.2, 0) is 28.6 Å². The molecule has 2 unspecified atom stereocenters. The van der Waals surface area contributed by atoms with Crippen LogP contribution in [0.4, 0.5) is 0 Å². The first kappa shape index (κ1) is 52.5. The van der Waals surface area contributed by atoms with Crippen LogP contribution >= 0.6 is 0 Å². The van der Waals surface area contributed by atoms with E-state index < -0.39 is 18.1 Å². The minimum Gasteiger partial charge on any atom is -0.477 e. The molecule has 0 aliphatic heterocycles. The van der Waals surface area contributed by atoms with Crippen molar-refractivity contribution in [2.45, 2.75) is 161 Å². The number of likely N-dealkylation sites (N-methyl/N-ethyl adjacent to an activating group) is 1. The SMILES string of the molecule is CC/C=C/C=C/C=C/C=C/C=C/CCCC(=O)OC(COCCC(C(=O)O)[N+](C)(C)C)COC(=O)CCCCCCCCCCCC/C=C/C=C/CCCCC. The zero-order chi connectivity index (χ0) is 41.4. The molecule has 0 aromatic heterocycles. The van der Waals surface area contributed by atoms with E-state index in [4.69, 9.17) is 14.2 Å². The average molecular weight is 783 g/mol. The summed E-state index contributed by atoms with van der Waals surface area (Å²) < 4.78 is 17.2. The van der Waals surface area contributed by atoms with Crippen LogP contribution in [0.25, 0.3) is 0 Å². The summed E-state index contributed by atoms with van der Waals surface area (Å²) >= 11 is 0. The van der Waals surface area contributed by atoms with Gasteiger partial charge in [0.2, 0.25) is 0 Å². The molecule has 0 spiro atoms. The molecule has 0 fully saturated rings. The van der Waals surface area contributed by atoms with Crippen LogP contribution in [-0.4, -0.2) is 80.6 Å². The molecule has 8 heteroatoms. The molecule has 0 bridgehead atoms. The van der Waals surface area contributed by atoms with Gasteiger partial charge in [0, 0.05) is 19.3 Å². The monoisotopic (exact) mass is 783 g/mol. The number of nitrogens with zero attached hydrogens (tertiary/aromatic N) is 1. The topological polar surface area (TPSA) is 99.1 Å². The lowest BCUT2D eigenvalue weighted by molar-refractivity contribution is -0.887. The summed E-state index contributed by atoms with van der Waals surface area (Å²) in [6, 6.07) is -0.632. The molecule has 0 aliphatic rings. The van der Waals surface area contributed by atoms with Crippen molar-refractivity contribution in [1.82, 2.24) is 0 Å². The van der Waals surface area contributed by atoms with Gasteiger partial charge in [0.15, 0.2) is 12.1 Å². The quantitative estimate of drug-likeness (QED) is 0.0290. The number of unbranched alkanes of at least 4 members (excludes halogenated alkanes) is 14. The Balaban J connectivity index is 4.42. The summed E-state index contributed by atoms with van der Waals surface area (Å²) in [5.41, 5.74) is 0. The summed E-state index contributed by atoms with van der Waals surface area (Å²) in [4.78, 5) is 36.9. The molecule has 0 rings (SSSR count). The van der Waals surface area contributed by atoms with E-state index in [-0.39, 0.29) is 42.7 Å². The highest BCUT2D eigenvalue weighted by Gasteiger charge is 2.31. The van der Waals surface area contributed by atoms with Gasteiger partial charge in [-0.25, -0.2) is 4.79 Å². The number of carboxylic acids is 1. The third-order valence-corrected chi connectivity index (χ3v) is 9.18. The highest BCUT2D eigenvalue weighted by Crippen LogP contribution is 2.14. The van der Waals surface area contributed by atoms with E-state index >= 15 is 0 Å². The van der Waals surface area contributed by atoms with Gasteiger partial charge >= 0.3 is 17.9 Å². The van der Waals surface area contributed by atoms with Crippen molar-refractivity contribution in [3.63, 3.8) is 0 Å². The Morgan fingerprint density at radius 2 is 1.02 bits per heavy atom. The van der Waals surface area contributed by atoms with Crippen LogP contribution in [0.2, 0.25) is 0 Å². The maximum absolute atomic E-state index is 12.7. The number of ether oxygens (including phenoxy) is 3. The van der Waals surface area contributed by atoms with Crippen LogP contribution in [0, 0.1) is 0 Å². The van der Waals surface area contributed by atoms with E-state index in [1.165, 1.54) is 77.0 Å². The zero-order valence-corrected chi connectivity index (χ0v) is 36.1. The Bertz CT molecular complexity index is 1190. The molecule has 0 aliphatic carbocycles. The molecular weight excluding hydrogens is 703 g/mol.